The van der Waals surface area contributed by atoms with Crippen molar-refractivity contribution in [1.82, 2.24) is 34.4 Å². The Kier molecular flexibility index (Phi) is 12.6. The Morgan fingerprint density at radius 2 is 1.70 bits per heavy atom. The molecule has 5 heterocycles. The van der Waals surface area contributed by atoms with Crippen LogP contribution in [0, 0.1) is 35.2 Å². The summed E-state index contributed by atoms with van der Waals surface area (Å²) in [5, 5.41) is 27.2. The SMILES string of the molecule is Cn1c(=O)n([C@@H]2CCC(=O)NC2=O)c2ccc(CCCN3CC[C@@H]4CN(c5ccc6cn(C7CCC(CNC(=O)c8cc(F)c(O)c(F)c8F)CC7)nc6c5)C[C@H]4C3)cc21.O=CO. The van der Waals surface area contributed by atoms with Crippen molar-refractivity contribution in [2.75, 3.05) is 44.2 Å². The van der Waals surface area contributed by atoms with Gasteiger partial charge in [-0.05, 0) is 124 Å². The number of hydrogen-bond donors (Lipinski definition) is 4. The molecule has 5 aromatic rings. The van der Waals surface area contributed by atoms with E-state index < -0.39 is 46.6 Å². The number of hydrogen-bond acceptors (Lipinski definition) is 9. The zero-order valence-corrected chi connectivity index (χ0v) is 34.9. The molecule has 3 amide bonds. The van der Waals surface area contributed by atoms with Crippen LogP contribution in [-0.2, 0) is 27.9 Å². The van der Waals surface area contributed by atoms with Crippen LogP contribution < -0.4 is 21.2 Å². The molecule has 3 atom stereocenters. The van der Waals surface area contributed by atoms with Gasteiger partial charge in [0, 0.05) is 56.9 Å². The predicted octanol–water partition coefficient (Wildman–Crippen LogP) is 5.04. The lowest BCUT2D eigenvalue weighted by Crippen LogP contribution is -2.44. The highest BCUT2D eigenvalue weighted by molar-refractivity contribution is 6.00. The van der Waals surface area contributed by atoms with Crippen LogP contribution in [0.5, 0.6) is 5.75 Å². The van der Waals surface area contributed by atoms with Crippen molar-refractivity contribution in [3.63, 3.8) is 0 Å². The van der Waals surface area contributed by atoms with Crippen molar-refractivity contribution >= 4 is 51.8 Å². The summed E-state index contributed by atoms with van der Waals surface area (Å²) in [6.45, 7) is 5.18. The number of fused-ring (bicyclic) bond motifs is 3. The van der Waals surface area contributed by atoms with Crippen LogP contribution in [0.2, 0.25) is 0 Å². The zero-order chi connectivity index (χ0) is 44.5. The zero-order valence-electron chi connectivity index (χ0n) is 34.9. The van der Waals surface area contributed by atoms with Gasteiger partial charge in [-0.15, -0.1) is 0 Å². The van der Waals surface area contributed by atoms with Crippen LogP contribution in [0.4, 0.5) is 18.9 Å². The van der Waals surface area contributed by atoms with Gasteiger partial charge >= 0.3 is 5.69 Å². The first kappa shape index (κ1) is 43.5. The standard InChI is InChI=1S/C44H49F3N8O5.CH2O2/c1-51-37-17-25(6-11-35(37)55(44(51)60)36-12-13-38(56)49-43(36)59)3-2-15-52-16-14-27-22-53(23-29(27)21-52)31-10-7-28-24-54(50-34(28)18-31)30-8-4-26(5-9-30)20-48-42(58)32-19-33(45)41(57)40(47)39(32)46;2-1-3/h6-7,10-11,17-19,24,26-27,29-30,36,57H,2-5,8-9,12-16,20-23H2,1H3,(H,48,58)(H,49,56,59);1H,(H,2,3)/t26?,27-,29-,30?,36-;/m1./s1. The molecule has 1 saturated carbocycles. The maximum atomic E-state index is 14.2. The van der Waals surface area contributed by atoms with Crippen molar-refractivity contribution in [3.05, 3.63) is 87.7 Å². The number of piperidine rings is 2. The monoisotopic (exact) mass is 872 g/mol. The van der Waals surface area contributed by atoms with Crippen LogP contribution >= 0.6 is 0 Å². The smallest absolute Gasteiger partial charge is 0.329 e. The van der Waals surface area contributed by atoms with Gasteiger partial charge in [-0.1, -0.05) is 6.07 Å². The van der Waals surface area contributed by atoms with Gasteiger partial charge in [-0.25, -0.2) is 13.6 Å². The summed E-state index contributed by atoms with van der Waals surface area (Å²) in [5.74, 6) is -6.46. The van der Waals surface area contributed by atoms with Gasteiger partial charge in [0.15, 0.2) is 17.4 Å². The quantitative estimate of drug-likeness (QED) is 0.0843. The molecule has 4 N–H and O–H groups in total. The minimum Gasteiger partial charge on any atom is -0.503 e. The second kappa shape index (κ2) is 18.3. The molecule has 63 heavy (non-hydrogen) atoms. The molecule has 0 spiro atoms. The number of anilines is 1. The number of carboxylic acid groups (broad SMARTS) is 1. The molecule has 3 aliphatic heterocycles. The van der Waals surface area contributed by atoms with E-state index in [9.17, 15) is 37.5 Å². The number of phenols is 1. The highest BCUT2D eigenvalue weighted by Gasteiger charge is 2.37. The molecule has 0 bridgehead atoms. The third kappa shape index (κ3) is 8.90. The number of phenolic OH excluding ortho intramolecular Hbond substituents is 1. The summed E-state index contributed by atoms with van der Waals surface area (Å²) in [4.78, 5) is 63.4. The fourth-order valence-corrected chi connectivity index (χ4v) is 10.1. The van der Waals surface area contributed by atoms with Gasteiger partial charge in [0.25, 0.3) is 12.4 Å². The highest BCUT2D eigenvalue weighted by Crippen LogP contribution is 2.37. The van der Waals surface area contributed by atoms with Crippen LogP contribution in [-0.4, -0.2) is 97.5 Å². The number of imide groups is 1. The summed E-state index contributed by atoms with van der Waals surface area (Å²) in [6.07, 6.45) is 8.98. The average molecular weight is 873 g/mol. The summed E-state index contributed by atoms with van der Waals surface area (Å²) in [7, 11) is 1.73. The van der Waals surface area contributed by atoms with Crippen molar-refractivity contribution in [2.24, 2.45) is 24.8 Å². The summed E-state index contributed by atoms with van der Waals surface area (Å²) < 4.78 is 46.8. The Bertz CT molecular complexity index is 2620. The third-order valence-electron chi connectivity index (χ3n) is 13.5. The Balaban J connectivity index is 0.00000177. The van der Waals surface area contributed by atoms with Gasteiger partial charge in [0.05, 0.1) is 28.2 Å². The van der Waals surface area contributed by atoms with E-state index in [1.165, 1.54) is 10.3 Å². The van der Waals surface area contributed by atoms with E-state index in [1.54, 1.807) is 11.6 Å². The van der Waals surface area contributed by atoms with Gasteiger partial charge in [0.1, 0.15) is 6.04 Å². The molecule has 4 aliphatic rings. The van der Waals surface area contributed by atoms with E-state index in [0.717, 1.165) is 99.7 Å². The van der Waals surface area contributed by atoms with Gasteiger partial charge in [0.2, 0.25) is 17.6 Å². The Labute approximate surface area is 360 Å². The Morgan fingerprint density at radius 3 is 2.46 bits per heavy atom. The first-order valence-corrected chi connectivity index (χ1v) is 21.6. The Morgan fingerprint density at radius 1 is 0.937 bits per heavy atom. The number of amides is 3. The summed E-state index contributed by atoms with van der Waals surface area (Å²) in [6, 6.07) is 12.6. The van der Waals surface area contributed by atoms with Crippen molar-refractivity contribution < 1.29 is 42.6 Å². The second-order valence-electron chi connectivity index (χ2n) is 17.3. The number of benzene rings is 3. The number of carbonyl (C=O) groups excluding carboxylic acids is 3. The maximum absolute atomic E-state index is 14.2. The fourth-order valence-electron chi connectivity index (χ4n) is 10.1. The second-order valence-corrected chi connectivity index (χ2v) is 17.3. The van der Waals surface area contributed by atoms with Crippen molar-refractivity contribution in [3.8, 4) is 5.75 Å². The number of halogens is 3. The molecule has 4 fully saturated rings. The molecule has 3 aromatic carbocycles. The number of aryl methyl sites for hydroxylation is 2. The molecule has 18 heteroatoms. The molecule has 15 nitrogen and oxygen atoms in total. The van der Waals surface area contributed by atoms with Gasteiger partial charge in [-0.3, -0.25) is 38.3 Å². The van der Waals surface area contributed by atoms with Crippen LogP contribution in [0.15, 0.2) is 53.5 Å². The summed E-state index contributed by atoms with van der Waals surface area (Å²) in [5.41, 5.74) is 3.76. The number of aromatic nitrogens is 4. The lowest BCUT2D eigenvalue weighted by atomic mass is 9.86. The topological polar surface area (TPSA) is 184 Å². The largest absolute Gasteiger partial charge is 0.503 e. The van der Waals surface area contributed by atoms with E-state index in [0.29, 0.717) is 29.8 Å². The predicted molar refractivity (Wildman–Crippen MR) is 227 cm³/mol. The molecule has 1 aliphatic carbocycles. The fraction of sp³-hybridized carbons (Fsp3) is 0.467. The lowest BCUT2D eigenvalue weighted by molar-refractivity contribution is -0.135. The van der Waals surface area contributed by atoms with E-state index in [4.69, 9.17) is 15.0 Å². The van der Waals surface area contributed by atoms with Gasteiger partial charge in [-0.2, -0.15) is 9.49 Å². The highest BCUT2D eigenvalue weighted by atomic mass is 19.2. The van der Waals surface area contributed by atoms with Crippen LogP contribution in [0.25, 0.3) is 21.9 Å². The minimum absolute atomic E-state index is 0.132. The normalized spacial score (nSPS) is 22.7. The minimum atomic E-state index is -1.78. The molecular formula is C45H51F3N8O7. The van der Waals surface area contributed by atoms with Crippen molar-refractivity contribution in [1.29, 1.82) is 0 Å². The molecule has 0 unspecified atom stereocenters. The van der Waals surface area contributed by atoms with E-state index >= 15 is 0 Å². The molecule has 2 aromatic heterocycles. The number of nitrogens with zero attached hydrogens (tertiary/aromatic N) is 6. The van der Waals surface area contributed by atoms with Crippen LogP contribution in [0.1, 0.15) is 79.4 Å². The van der Waals surface area contributed by atoms with Crippen LogP contribution in [0.3, 0.4) is 0 Å². The van der Waals surface area contributed by atoms with Gasteiger partial charge < -0.3 is 25.3 Å². The average Bonchev–Trinajstić information content (AvgIpc) is 3.97. The number of nitrogens with one attached hydrogen (secondary N) is 2. The number of rotatable bonds is 10. The Hall–Kier alpha value is -6.17. The van der Waals surface area contributed by atoms with E-state index in [2.05, 4.69) is 55.6 Å². The molecule has 9 rings (SSSR count). The number of imidazole rings is 1. The first-order chi connectivity index (χ1) is 30.3. The number of carbonyl (C=O) groups is 4. The summed E-state index contributed by atoms with van der Waals surface area (Å²) >= 11 is 0. The van der Waals surface area contributed by atoms with Crippen molar-refractivity contribution in [2.45, 2.75) is 69.9 Å². The number of likely N-dealkylation sites (tertiary alicyclic amines) is 1. The molecule has 334 valence electrons. The molecule has 0 radical (unpaired) electrons. The first-order valence-electron chi connectivity index (χ1n) is 21.6. The molecule has 3 saturated heterocycles. The number of aromatic hydroxyl groups is 1. The van der Waals surface area contributed by atoms with E-state index in [-0.39, 0.29) is 43.0 Å². The van der Waals surface area contributed by atoms with E-state index in [1.807, 2.05) is 12.1 Å². The maximum Gasteiger partial charge on any atom is 0.329 e. The lowest BCUT2D eigenvalue weighted by Gasteiger charge is -2.34. The molecular weight excluding hydrogens is 822 g/mol. The third-order valence-corrected chi connectivity index (χ3v) is 13.5.